The van der Waals surface area contributed by atoms with Crippen molar-refractivity contribution in [3.05, 3.63) is 45.6 Å². The Kier molecular flexibility index (Phi) is 3.19. The van der Waals surface area contributed by atoms with Crippen molar-refractivity contribution in [3.63, 3.8) is 0 Å². The van der Waals surface area contributed by atoms with Gasteiger partial charge in [0.1, 0.15) is 11.8 Å². The average Bonchev–Trinajstić information content (AvgIpc) is 2.89. The van der Waals surface area contributed by atoms with E-state index < -0.39 is 4.92 Å². The Bertz CT molecular complexity index is 847. The third-order valence-electron chi connectivity index (χ3n) is 2.90. The largest absolute Gasteiger partial charge is 0.454 e. The number of rotatable bonds is 3. The molecule has 0 amide bonds. The summed E-state index contributed by atoms with van der Waals surface area (Å²) >= 11 is 5.92. The van der Waals surface area contributed by atoms with Crippen LogP contribution in [0.4, 0.5) is 11.6 Å². The molecule has 2 aromatic heterocycles. The Morgan fingerprint density at radius 1 is 1.38 bits per heavy atom. The van der Waals surface area contributed by atoms with Crippen LogP contribution in [0.25, 0.3) is 22.4 Å². The number of aromatic nitrogens is 2. The lowest BCUT2D eigenvalue weighted by Crippen LogP contribution is -2.01. The van der Waals surface area contributed by atoms with Gasteiger partial charge in [0.25, 0.3) is 0 Å². The van der Waals surface area contributed by atoms with Crippen molar-refractivity contribution in [2.75, 3.05) is 12.4 Å². The van der Waals surface area contributed by atoms with Crippen molar-refractivity contribution in [1.82, 2.24) is 9.97 Å². The quantitative estimate of drug-likeness (QED) is 0.588. The summed E-state index contributed by atoms with van der Waals surface area (Å²) in [5.74, 6) is 0.562. The minimum absolute atomic E-state index is 0.117. The predicted octanol–water partition coefficient (Wildman–Crippen LogP) is 3.49. The molecular weight excluding hydrogens is 296 g/mol. The lowest BCUT2D eigenvalue weighted by Gasteiger charge is -2.01. The number of benzene rings is 1. The lowest BCUT2D eigenvalue weighted by molar-refractivity contribution is -0.384. The molecule has 0 saturated carbocycles. The fraction of sp³-hybridized carbons (Fsp3) is 0.0769. The number of fused-ring (bicyclic) bond motifs is 1. The van der Waals surface area contributed by atoms with Gasteiger partial charge in [0, 0.05) is 17.5 Å². The molecule has 8 heteroatoms. The number of nitrogens with one attached hydrogen (secondary N) is 1. The first kappa shape index (κ1) is 13.3. The Morgan fingerprint density at radius 3 is 2.90 bits per heavy atom. The molecular formula is C13H9ClN4O3. The highest BCUT2D eigenvalue weighted by Gasteiger charge is 2.22. The molecule has 1 N–H and O–H groups in total. The summed E-state index contributed by atoms with van der Waals surface area (Å²) < 4.78 is 5.62. The fourth-order valence-electron chi connectivity index (χ4n) is 1.94. The van der Waals surface area contributed by atoms with Crippen LogP contribution in [0.3, 0.4) is 0 Å². The SMILES string of the molecule is CNc1ncc([N+](=O)[O-])c(-c2cc3cc(Cl)ccc3o2)n1. The van der Waals surface area contributed by atoms with Crippen molar-refractivity contribution < 1.29 is 9.34 Å². The second kappa shape index (κ2) is 5.02. The van der Waals surface area contributed by atoms with E-state index in [4.69, 9.17) is 16.0 Å². The molecule has 0 fully saturated rings. The van der Waals surface area contributed by atoms with E-state index in [0.717, 1.165) is 11.6 Å². The minimum atomic E-state index is -0.547. The summed E-state index contributed by atoms with van der Waals surface area (Å²) in [5, 5.41) is 15.1. The van der Waals surface area contributed by atoms with Crippen molar-refractivity contribution in [2.45, 2.75) is 0 Å². The van der Waals surface area contributed by atoms with Crippen LogP contribution in [0.1, 0.15) is 0 Å². The zero-order valence-corrected chi connectivity index (χ0v) is 11.6. The maximum atomic E-state index is 11.1. The molecule has 0 atom stereocenters. The van der Waals surface area contributed by atoms with Gasteiger partial charge in [-0.15, -0.1) is 0 Å². The van der Waals surface area contributed by atoms with E-state index in [1.165, 1.54) is 0 Å². The van der Waals surface area contributed by atoms with Crippen molar-refractivity contribution in [2.24, 2.45) is 0 Å². The normalized spacial score (nSPS) is 10.8. The molecule has 0 aliphatic heterocycles. The molecule has 3 rings (SSSR count). The van der Waals surface area contributed by atoms with Crippen LogP contribution in [-0.2, 0) is 0 Å². The van der Waals surface area contributed by atoms with Crippen LogP contribution in [0.15, 0.2) is 34.9 Å². The maximum Gasteiger partial charge on any atom is 0.317 e. The second-order valence-electron chi connectivity index (χ2n) is 4.23. The fourth-order valence-corrected chi connectivity index (χ4v) is 2.12. The van der Waals surface area contributed by atoms with E-state index in [1.54, 1.807) is 31.3 Å². The van der Waals surface area contributed by atoms with Crippen molar-refractivity contribution in [1.29, 1.82) is 0 Å². The highest BCUT2D eigenvalue weighted by Crippen LogP contribution is 2.33. The van der Waals surface area contributed by atoms with E-state index in [1.807, 2.05) is 0 Å². The molecule has 0 radical (unpaired) electrons. The Balaban J connectivity index is 2.22. The standard InChI is InChI=1S/C13H9ClN4O3/c1-15-13-16-6-9(18(19)20)12(17-13)11-5-7-4-8(14)2-3-10(7)21-11/h2-6H,1H3,(H,15,16,17). The summed E-state index contributed by atoms with van der Waals surface area (Å²) in [6.07, 6.45) is 1.15. The van der Waals surface area contributed by atoms with Gasteiger partial charge in [0.15, 0.2) is 11.5 Å². The van der Waals surface area contributed by atoms with Gasteiger partial charge in [-0.05, 0) is 24.3 Å². The first-order chi connectivity index (χ1) is 10.1. The van der Waals surface area contributed by atoms with Gasteiger partial charge in [0.05, 0.1) is 4.92 Å². The highest BCUT2D eigenvalue weighted by atomic mass is 35.5. The highest BCUT2D eigenvalue weighted by molar-refractivity contribution is 6.31. The minimum Gasteiger partial charge on any atom is -0.454 e. The summed E-state index contributed by atoms with van der Waals surface area (Å²) in [5.41, 5.74) is 0.471. The molecule has 1 aromatic carbocycles. The molecule has 21 heavy (non-hydrogen) atoms. The number of hydrogen-bond donors (Lipinski definition) is 1. The van der Waals surface area contributed by atoms with Crippen LogP contribution >= 0.6 is 11.6 Å². The van der Waals surface area contributed by atoms with Crippen LogP contribution in [-0.4, -0.2) is 21.9 Å². The topological polar surface area (TPSA) is 94.1 Å². The van der Waals surface area contributed by atoms with E-state index in [0.29, 0.717) is 10.6 Å². The lowest BCUT2D eigenvalue weighted by atomic mass is 10.2. The first-order valence-corrected chi connectivity index (χ1v) is 6.35. The summed E-state index contributed by atoms with van der Waals surface area (Å²) in [6.45, 7) is 0. The number of anilines is 1. The molecule has 106 valence electrons. The Labute approximate surface area is 123 Å². The van der Waals surface area contributed by atoms with Crippen LogP contribution in [0, 0.1) is 10.1 Å². The number of halogens is 1. The van der Waals surface area contributed by atoms with Gasteiger partial charge in [-0.1, -0.05) is 11.6 Å². The van der Waals surface area contributed by atoms with Crippen molar-refractivity contribution in [3.8, 4) is 11.5 Å². The van der Waals surface area contributed by atoms with Crippen LogP contribution < -0.4 is 5.32 Å². The predicted molar refractivity (Wildman–Crippen MR) is 78.5 cm³/mol. The molecule has 0 bridgehead atoms. The van der Waals surface area contributed by atoms with E-state index >= 15 is 0 Å². The zero-order chi connectivity index (χ0) is 15.0. The Morgan fingerprint density at radius 2 is 2.19 bits per heavy atom. The molecule has 7 nitrogen and oxygen atoms in total. The Hall–Kier alpha value is -2.67. The molecule has 0 spiro atoms. The van der Waals surface area contributed by atoms with Gasteiger partial charge in [-0.25, -0.2) is 9.97 Å². The smallest absolute Gasteiger partial charge is 0.317 e. The number of nitro groups is 1. The van der Waals surface area contributed by atoms with E-state index in [9.17, 15) is 10.1 Å². The van der Waals surface area contributed by atoms with Crippen LogP contribution in [0.2, 0.25) is 5.02 Å². The molecule has 0 aliphatic carbocycles. The number of nitrogens with zero attached hydrogens (tertiary/aromatic N) is 3. The number of hydrogen-bond acceptors (Lipinski definition) is 6. The van der Waals surface area contributed by atoms with Gasteiger partial charge < -0.3 is 9.73 Å². The molecule has 3 aromatic rings. The van der Waals surface area contributed by atoms with E-state index in [-0.39, 0.29) is 23.1 Å². The molecule has 0 unspecified atom stereocenters. The van der Waals surface area contributed by atoms with Gasteiger partial charge in [0.2, 0.25) is 5.95 Å². The number of furan rings is 1. The molecule has 0 aliphatic rings. The zero-order valence-electron chi connectivity index (χ0n) is 10.8. The van der Waals surface area contributed by atoms with Crippen LogP contribution in [0.5, 0.6) is 0 Å². The third kappa shape index (κ3) is 2.38. The first-order valence-electron chi connectivity index (χ1n) is 5.97. The molecule has 0 saturated heterocycles. The monoisotopic (exact) mass is 304 g/mol. The van der Waals surface area contributed by atoms with Crippen molar-refractivity contribution >= 4 is 34.2 Å². The third-order valence-corrected chi connectivity index (χ3v) is 3.14. The molecule has 2 heterocycles. The average molecular weight is 305 g/mol. The maximum absolute atomic E-state index is 11.1. The van der Waals surface area contributed by atoms with Gasteiger partial charge >= 0.3 is 5.69 Å². The summed E-state index contributed by atoms with van der Waals surface area (Å²) in [4.78, 5) is 18.5. The summed E-state index contributed by atoms with van der Waals surface area (Å²) in [6, 6.07) is 6.77. The van der Waals surface area contributed by atoms with Gasteiger partial charge in [-0.2, -0.15) is 0 Å². The summed E-state index contributed by atoms with van der Waals surface area (Å²) in [7, 11) is 1.63. The second-order valence-corrected chi connectivity index (χ2v) is 4.66. The van der Waals surface area contributed by atoms with Gasteiger partial charge in [-0.3, -0.25) is 10.1 Å². The van der Waals surface area contributed by atoms with E-state index in [2.05, 4.69) is 15.3 Å².